The fourth-order valence-corrected chi connectivity index (χ4v) is 1.87. The monoisotopic (exact) mass is 219 g/mol. The maximum atomic E-state index is 3.31. The second kappa shape index (κ2) is 6.05. The molecule has 0 saturated heterocycles. The highest BCUT2D eigenvalue weighted by Crippen LogP contribution is 2.17. The summed E-state index contributed by atoms with van der Waals surface area (Å²) in [4.78, 5) is 0. The van der Waals surface area contributed by atoms with Crippen molar-refractivity contribution in [1.82, 2.24) is 5.32 Å². The van der Waals surface area contributed by atoms with Crippen LogP contribution in [0.3, 0.4) is 0 Å². The first-order chi connectivity index (χ1) is 7.54. The van der Waals surface area contributed by atoms with Gasteiger partial charge in [-0.3, -0.25) is 0 Å². The highest BCUT2D eigenvalue weighted by Gasteiger charge is 2.10. The molecule has 0 aliphatic carbocycles. The van der Waals surface area contributed by atoms with Gasteiger partial charge in [-0.1, -0.05) is 45.0 Å². The van der Waals surface area contributed by atoms with Crippen LogP contribution < -0.4 is 5.32 Å². The average molecular weight is 219 g/mol. The van der Waals surface area contributed by atoms with Crippen LogP contribution in [-0.4, -0.2) is 13.1 Å². The molecule has 90 valence electrons. The highest BCUT2D eigenvalue weighted by molar-refractivity contribution is 5.25. The predicted octanol–water partition coefficient (Wildman–Crippen LogP) is 3.60. The first-order valence-electron chi connectivity index (χ1n) is 6.30. The van der Waals surface area contributed by atoms with Crippen molar-refractivity contribution in [2.45, 2.75) is 46.1 Å². The molecule has 0 aliphatic heterocycles. The summed E-state index contributed by atoms with van der Waals surface area (Å²) in [6.07, 6.45) is 1.15. The lowest BCUT2D eigenvalue weighted by atomic mass is 9.93. The van der Waals surface area contributed by atoms with Gasteiger partial charge in [0.25, 0.3) is 0 Å². The van der Waals surface area contributed by atoms with E-state index in [1.165, 1.54) is 11.1 Å². The zero-order valence-corrected chi connectivity index (χ0v) is 11.2. The highest BCUT2D eigenvalue weighted by atomic mass is 14.9. The van der Waals surface area contributed by atoms with Crippen molar-refractivity contribution in [2.24, 2.45) is 5.92 Å². The van der Waals surface area contributed by atoms with Crippen LogP contribution in [0.5, 0.6) is 0 Å². The number of benzene rings is 1. The number of hydrogen-bond acceptors (Lipinski definition) is 1. The van der Waals surface area contributed by atoms with Gasteiger partial charge in [-0.15, -0.1) is 0 Å². The maximum Gasteiger partial charge on any atom is 0.00645 e. The van der Waals surface area contributed by atoms with Gasteiger partial charge in [0.1, 0.15) is 0 Å². The average Bonchev–Trinajstić information content (AvgIpc) is 2.28. The van der Waals surface area contributed by atoms with Gasteiger partial charge in [-0.2, -0.15) is 0 Å². The SMILES string of the molecule is CNC(C)C(C)Cc1ccc(C(C)C)cc1. The number of hydrogen-bond donors (Lipinski definition) is 1. The van der Waals surface area contributed by atoms with Gasteiger partial charge in [-0.05, 0) is 43.4 Å². The molecule has 1 N–H and O–H groups in total. The van der Waals surface area contributed by atoms with Crippen molar-refractivity contribution in [3.63, 3.8) is 0 Å². The van der Waals surface area contributed by atoms with Gasteiger partial charge in [-0.25, -0.2) is 0 Å². The molecule has 0 radical (unpaired) electrons. The smallest absolute Gasteiger partial charge is 0.00645 e. The Hall–Kier alpha value is -0.820. The number of rotatable bonds is 5. The molecule has 0 aliphatic rings. The van der Waals surface area contributed by atoms with Crippen LogP contribution >= 0.6 is 0 Å². The van der Waals surface area contributed by atoms with E-state index in [0.29, 0.717) is 17.9 Å². The summed E-state index contributed by atoms with van der Waals surface area (Å²) >= 11 is 0. The Labute approximate surface area is 100 Å². The molecule has 2 atom stereocenters. The van der Waals surface area contributed by atoms with E-state index < -0.39 is 0 Å². The normalized spacial score (nSPS) is 15.1. The molecule has 2 unspecified atom stereocenters. The van der Waals surface area contributed by atoms with E-state index in [4.69, 9.17) is 0 Å². The topological polar surface area (TPSA) is 12.0 Å². The maximum absolute atomic E-state index is 3.31. The van der Waals surface area contributed by atoms with Crippen molar-refractivity contribution in [2.75, 3.05) is 7.05 Å². The Morgan fingerprint density at radius 1 is 1.00 bits per heavy atom. The molecule has 1 nitrogen and oxygen atoms in total. The molecular formula is C15H25N. The zero-order valence-electron chi connectivity index (χ0n) is 11.2. The van der Waals surface area contributed by atoms with E-state index >= 15 is 0 Å². The van der Waals surface area contributed by atoms with Gasteiger partial charge < -0.3 is 5.32 Å². The third-order valence-corrected chi connectivity index (χ3v) is 3.51. The van der Waals surface area contributed by atoms with Gasteiger partial charge in [0.05, 0.1) is 0 Å². The molecule has 1 aromatic rings. The van der Waals surface area contributed by atoms with E-state index in [1.54, 1.807) is 0 Å². The Balaban J connectivity index is 2.61. The van der Waals surface area contributed by atoms with Crippen molar-refractivity contribution >= 4 is 0 Å². The predicted molar refractivity (Wildman–Crippen MR) is 71.9 cm³/mol. The van der Waals surface area contributed by atoms with Crippen LogP contribution in [0, 0.1) is 5.92 Å². The van der Waals surface area contributed by atoms with Gasteiger partial charge in [0, 0.05) is 6.04 Å². The van der Waals surface area contributed by atoms with Crippen molar-refractivity contribution in [1.29, 1.82) is 0 Å². The lowest BCUT2D eigenvalue weighted by Crippen LogP contribution is -2.29. The molecule has 0 saturated carbocycles. The summed E-state index contributed by atoms with van der Waals surface area (Å²) in [5, 5.41) is 3.31. The van der Waals surface area contributed by atoms with Crippen LogP contribution in [0.4, 0.5) is 0 Å². The van der Waals surface area contributed by atoms with Crippen LogP contribution in [0.2, 0.25) is 0 Å². The van der Waals surface area contributed by atoms with Crippen molar-refractivity contribution < 1.29 is 0 Å². The molecule has 1 aromatic carbocycles. The van der Waals surface area contributed by atoms with E-state index in [-0.39, 0.29) is 0 Å². The fourth-order valence-electron chi connectivity index (χ4n) is 1.87. The zero-order chi connectivity index (χ0) is 12.1. The lowest BCUT2D eigenvalue weighted by Gasteiger charge is -2.19. The molecule has 0 bridgehead atoms. The quantitative estimate of drug-likeness (QED) is 0.798. The molecule has 1 heteroatoms. The largest absolute Gasteiger partial charge is 0.317 e. The Morgan fingerprint density at radius 3 is 2.00 bits per heavy atom. The van der Waals surface area contributed by atoms with Crippen LogP contribution in [0.15, 0.2) is 24.3 Å². The molecule has 1 rings (SSSR count). The molecule has 0 fully saturated rings. The summed E-state index contributed by atoms with van der Waals surface area (Å²) in [7, 11) is 2.03. The molecule has 16 heavy (non-hydrogen) atoms. The van der Waals surface area contributed by atoms with Gasteiger partial charge in [0.15, 0.2) is 0 Å². The Morgan fingerprint density at radius 2 is 1.56 bits per heavy atom. The summed E-state index contributed by atoms with van der Waals surface area (Å²) in [5.41, 5.74) is 2.87. The molecule has 0 aromatic heterocycles. The Kier molecular flexibility index (Phi) is 5.01. The summed E-state index contributed by atoms with van der Waals surface area (Å²) in [6, 6.07) is 9.64. The van der Waals surface area contributed by atoms with Crippen LogP contribution in [0.1, 0.15) is 44.7 Å². The second-order valence-corrected chi connectivity index (χ2v) is 5.16. The Bertz CT molecular complexity index is 300. The van der Waals surface area contributed by atoms with Crippen molar-refractivity contribution in [3.05, 3.63) is 35.4 Å². The minimum Gasteiger partial charge on any atom is -0.317 e. The minimum absolute atomic E-state index is 0.574. The van der Waals surface area contributed by atoms with E-state index in [2.05, 4.69) is 57.3 Å². The molecular weight excluding hydrogens is 194 g/mol. The van der Waals surface area contributed by atoms with E-state index in [0.717, 1.165) is 6.42 Å². The van der Waals surface area contributed by atoms with Crippen LogP contribution in [-0.2, 0) is 6.42 Å². The number of nitrogens with one attached hydrogen (secondary N) is 1. The van der Waals surface area contributed by atoms with Gasteiger partial charge in [0.2, 0.25) is 0 Å². The minimum atomic E-state index is 0.574. The first-order valence-corrected chi connectivity index (χ1v) is 6.30. The van der Waals surface area contributed by atoms with E-state index in [9.17, 15) is 0 Å². The fraction of sp³-hybridized carbons (Fsp3) is 0.600. The molecule has 0 spiro atoms. The second-order valence-electron chi connectivity index (χ2n) is 5.16. The molecule has 0 amide bonds. The molecule has 0 heterocycles. The third kappa shape index (κ3) is 3.64. The van der Waals surface area contributed by atoms with Gasteiger partial charge >= 0.3 is 0 Å². The third-order valence-electron chi connectivity index (χ3n) is 3.51. The summed E-state index contributed by atoms with van der Waals surface area (Å²) in [6.45, 7) is 9.02. The van der Waals surface area contributed by atoms with Crippen molar-refractivity contribution in [3.8, 4) is 0 Å². The first kappa shape index (κ1) is 13.2. The summed E-state index contributed by atoms with van der Waals surface area (Å²) < 4.78 is 0. The standard InChI is InChI=1S/C15H25N/c1-11(2)15-8-6-14(7-9-15)10-12(3)13(4)16-5/h6-9,11-13,16H,10H2,1-5H3. The van der Waals surface area contributed by atoms with Crippen LogP contribution in [0.25, 0.3) is 0 Å². The summed E-state index contributed by atoms with van der Waals surface area (Å²) in [5.74, 6) is 1.30. The lowest BCUT2D eigenvalue weighted by molar-refractivity contribution is 0.424. The van der Waals surface area contributed by atoms with E-state index in [1.807, 2.05) is 7.05 Å².